The van der Waals surface area contributed by atoms with E-state index in [-0.39, 0.29) is 12.0 Å². The van der Waals surface area contributed by atoms with Crippen LogP contribution in [0.2, 0.25) is 0 Å². The Morgan fingerprint density at radius 1 is 1.38 bits per heavy atom. The summed E-state index contributed by atoms with van der Waals surface area (Å²) in [5.74, 6) is 0.253. The van der Waals surface area contributed by atoms with Gasteiger partial charge < -0.3 is 4.74 Å². The van der Waals surface area contributed by atoms with Crippen molar-refractivity contribution in [1.29, 1.82) is 0 Å². The first-order valence-corrected chi connectivity index (χ1v) is 8.87. The van der Waals surface area contributed by atoms with Gasteiger partial charge in [0.25, 0.3) is 5.91 Å². The summed E-state index contributed by atoms with van der Waals surface area (Å²) in [6.07, 6.45) is 3.00. The van der Waals surface area contributed by atoms with Crippen molar-refractivity contribution in [2.24, 2.45) is 0 Å². The third-order valence-corrected chi connectivity index (χ3v) is 4.45. The molecule has 0 saturated carbocycles. The van der Waals surface area contributed by atoms with Crippen LogP contribution < -0.4 is 10.1 Å². The van der Waals surface area contributed by atoms with E-state index < -0.39 is 0 Å². The zero-order chi connectivity index (χ0) is 16.9. The van der Waals surface area contributed by atoms with Gasteiger partial charge in [-0.1, -0.05) is 6.07 Å². The summed E-state index contributed by atoms with van der Waals surface area (Å²) in [6.45, 7) is 3.83. The molecule has 0 radical (unpaired) electrons. The van der Waals surface area contributed by atoms with E-state index in [9.17, 15) is 4.79 Å². The molecule has 1 aromatic carbocycles. The van der Waals surface area contributed by atoms with Crippen molar-refractivity contribution in [2.45, 2.75) is 30.0 Å². The van der Waals surface area contributed by atoms with Crippen molar-refractivity contribution in [3.8, 4) is 5.75 Å². The average Bonchev–Trinajstić information content (AvgIpc) is 3.22. The monoisotopic (exact) mass is 361 g/mol. The molecule has 9 heteroatoms. The van der Waals surface area contributed by atoms with Gasteiger partial charge in [0.05, 0.1) is 16.6 Å². The minimum Gasteiger partial charge on any atom is -0.489 e. The Bertz CT molecular complexity index is 803. The highest BCUT2D eigenvalue weighted by molar-refractivity contribution is 7.99. The molecule has 124 valence electrons. The summed E-state index contributed by atoms with van der Waals surface area (Å²) >= 11 is 2.72. The highest BCUT2D eigenvalue weighted by Crippen LogP contribution is 2.36. The number of aromatic amines is 1. The van der Waals surface area contributed by atoms with E-state index in [2.05, 4.69) is 25.5 Å². The number of amides is 1. The van der Waals surface area contributed by atoms with E-state index >= 15 is 0 Å². The number of nitrogens with zero attached hydrogens (tertiary/aromatic N) is 3. The Labute approximate surface area is 146 Å². The number of carbonyl (C=O) groups is 1. The van der Waals surface area contributed by atoms with Crippen LogP contribution in [0.15, 0.2) is 46.2 Å². The van der Waals surface area contributed by atoms with Crippen LogP contribution in [-0.4, -0.2) is 32.2 Å². The molecule has 1 amide bonds. The van der Waals surface area contributed by atoms with Gasteiger partial charge >= 0.3 is 0 Å². The summed E-state index contributed by atoms with van der Waals surface area (Å²) in [6, 6.07) is 5.42. The Morgan fingerprint density at radius 2 is 2.25 bits per heavy atom. The number of ether oxygens (including phenoxy) is 1. The van der Waals surface area contributed by atoms with Gasteiger partial charge in [-0.3, -0.25) is 15.2 Å². The van der Waals surface area contributed by atoms with Crippen LogP contribution in [0.5, 0.6) is 5.75 Å². The van der Waals surface area contributed by atoms with Gasteiger partial charge in [-0.25, -0.2) is 9.97 Å². The molecule has 2 aromatic heterocycles. The molecule has 0 atom stereocenters. The number of carbonyl (C=O) groups excluding carboxylic acids is 1. The summed E-state index contributed by atoms with van der Waals surface area (Å²) in [5.41, 5.74) is 0.448. The summed E-state index contributed by atoms with van der Waals surface area (Å²) < 4.78 is 5.90. The quantitative estimate of drug-likeness (QED) is 0.698. The zero-order valence-electron chi connectivity index (χ0n) is 13.0. The van der Waals surface area contributed by atoms with Crippen LogP contribution in [-0.2, 0) is 0 Å². The van der Waals surface area contributed by atoms with Crippen molar-refractivity contribution < 1.29 is 9.53 Å². The van der Waals surface area contributed by atoms with E-state index in [0.29, 0.717) is 21.6 Å². The highest BCUT2D eigenvalue weighted by atomic mass is 32.2. The highest BCUT2D eigenvalue weighted by Gasteiger charge is 2.19. The number of hydrogen-bond acceptors (Lipinski definition) is 7. The number of nitrogens with one attached hydrogen (secondary N) is 2. The fourth-order valence-electron chi connectivity index (χ4n) is 1.93. The maximum atomic E-state index is 12.6. The van der Waals surface area contributed by atoms with Crippen molar-refractivity contribution >= 4 is 34.1 Å². The molecule has 0 aliphatic rings. The van der Waals surface area contributed by atoms with Crippen LogP contribution in [0.1, 0.15) is 24.2 Å². The lowest BCUT2D eigenvalue weighted by Crippen LogP contribution is -2.16. The molecule has 3 rings (SSSR count). The van der Waals surface area contributed by atoms with Crippen molar-refractivity contribution in [2.75, 3.05) is 5.32 Å². The number of benzene rings is 1. The first-order chi connectivity index (χ1) is 11.6. The maximum Gasteiger partial charge on any atom is 0.261 e. The van der Waals surface area contributed by atoms with Crippen molar-refractivity contribution in [1.82, 2.24) is 20.2 Å². The van der Waals surface area contributed by atoms with Gasteiger partial charge in [0.2, 0.25) is 0 Å². The number of para-hydroxylation sites is 1. The fourth-order valence-corrected chi connectivity index (χ4v) is 3.26. The van der Waals surface area contributed by atoms with E-state index in [1.165, 1.54) is 29.4 Å². The first kappa shape index (κ1) is 16.5. The van der Waals surface area contributed by atoms with E-state index in [1.807, 2.05) is 26.0 Å². The predicted molar refractivity (Wildman–Crippen MR) is 92.8 cm³/mol. The molecule has 0 aliphatic carbocycles. The molecule has 2 heterocycles. The topological polar surface area (TPSA) is 92.8 Å². The third kappa shape index (κ3) is 3.92. The average molecular weight is 361 g/mol. The molecule has 0 bridgehead atoms. The SMILES string of the molecule is CC(C)Oc1c(Sc2ncn[nH]2)cccc1C(=O)Nc1nccs1. The number of anilines is 1. The number of H-pyrrole nitrogens is 1. The molecule has 0 fully saturated rings. The maximum absolute atomic E-state index is 12.6. The summed E-state index contributed by atoms with van der Waals surface area (Å²) in [4.78, 5) is 21.6. The minimum atomic E-state index is -0.263. The lowest BCUT2D eigenvalue weighted by molar-refractivity contribution is 0.102. The van der Waals surface area contributed by atoms with Crippen LogP contribution in [0.3, 0.4) is 0 Å². The smallest absolute Gasteiger partial charge is 0.261 e. The van der Waals surface area contributed by atoms with Crippen LogP contribution >= 0.6 is 23.1 Å². The van der Waals surface area contributed by atoms with E-state index in [1.54, 1.807) is 17.6 Å². The van der Waals surface area contributed by atoms with E-state index in [4.69, 9.17) is 4.74 Å². The number of thiazole rings is 1. The van der Waals surface area contributed by atoms with Crippen LogP contribution in [0.4, 0.5) is 5.13 Å². The fraction of sp³-hybridized carbons (Fsp3) is 0.200. The lowest BCUT2D eigenvalue weighted by Gasteiger charge is -2.17. The van der Waals surface area contributed by atoms with Crippen LogP contribution in [0, 0.1) is 0 Å². The van der Waals surface area contributed by atoms with Crippen molar-refractivity contribution in [3.63, 3.8) is 0 Å². The first-order valence-electron chi connectivity index (χ1n) is 7.17. The molecule has 7 nitrogen and oxygen atoms in total. The standard InChI is InChI=1S/C15H15N5O2S2/c1-9(2)22-12-10(13(21)19-14-16-6-7-23-14)4-3-5-11(12)24-15-17-8-18-20-15/h3-9H,1-2H3,(H,16,19,21)(H,17,18,20). The largest absolute Gasteiger partial charge is 0.489 e. The van der Waals surface area contributed by atoms with E-state index in [0.717, 1.165) is 4.90 Å². The zero-order valence-corrected chi connectivity index (χ0v) is 14.6. The van der Waals surface area contributed by atoms with Crippen molar-refractivity contribution in [3.05, 3.63) is 41.7 Å². The molecule has 0 unspecified atom stereocenters. The molecular formula is C15H15N5O2S2. The van der Waals surface area contributed by atoms with Gasteiger partial charge in [-0.2, -0.15) is 5.10 Å². The van der Waals surface area contributed by atoms with Gasteiger partial charge in [-0.15, -0.1) is 11.3 Å². The summed E-state index contributed by atoms with van der Waals surface area (Å²) in [5, 5.41) is 12.4. The number of rotatable bonds is 6. The molecule has 0 aliphatic heterocycles. The third-order valence-electron chi connectivity index (χ3n) is 2.83. The Hall–Kier alpha value is -2.39. The Morgan fingerprint density at radius 3 is 2.92 bits per heavy atom. The van der Waals surface area contributed by atoms with Gasteiger partial charge in [0, 0.05) is 11.6 Å². The molecule has 24 heavy (non-hydrogen) atoms. The molecular weight excluding hydrogens is 346 g/mol. The normalized spacial score (nSPS) is 10.8. The Balaban J connectivity index is 1.93. The minimum absolute atomic E-state index is 0.0760. The predicted octanol–water partition coefficient (Wildman–Crippen LogP) is 3.45. The lowest BCUT2D eigenvalue weighted by atomic mass is 10.2. The number of hydrogen-bond donors (Lipinski definition) is 2. The van der Waals surface area contributed by atoms with Crippen LogP contribution in [0.25, 0.3) is 0 Å². The van der Waals surface area contributed by atoms with Gasteiger partial charge in [0.15, 0.2) is 10.3 Å². The summed E-state index contributed by atoms with van der Waals surface area (Å²) in [7, 11) is 0. The van der Waals surface area contributed by atoms with Gasteiger partial charge in [-0.05, 0) is 37.7 Å². The second-order valence-corrected chi connectivity index (χ2v) is 6.91. The Kier molecular flexibility index (Phi) is 5.11. The van der Waals surface area contributed by atoms with Gasteiger partial charge in [0.1, 0.15) is 12.1 Å². The molecule has 0 spiro atoms. The molecule has 0 saturated heterocycles. The second-order valence-electron chi connectivity index (χ2n) is 4.98. The number of aromatic nitrogens is 4. The molecule has 3 aromatic rings. The second kappa shape index (κ2) is 7.45. The molecule has 2 N–H and O–H groups in total.